The van der Waals surface area contributed by atoms with Crippen molar-refractivity contribution in [2.24, 2.45) is 0 Å². The number of hydrogen-bond acceptors (Lipinski definition) is 3. The van der Waals surface area contributed by atoms with Crippen molar-refractivity contribution in [3.8, 4) is 0 Å². The minimum atomic E-state index is -0.981. The molecular weight excluding hydrogens is 190 g/mol. The quantitative estimate of drug-likeness (QED) is 0.596. The Morgan fingerprint density at radius 2 is 1.71 bits per heavy atom. The van der Waals surface area contributed by atoms with E-state index in [2.05, 4.69) is 6.58 Å². The fraction of sp³-hybridized carbons (Fsp3) is 0.500. The lowest BCUT2D eigenvalue weighted by atomic mass is 10.5. The van der Waals surface area contributed by atoms with Gasteiger partial charge in [0.05, 0.1) is 13.2 Å². The van der Waals surface area contributed by atoms with Crippen LogP contribution in [-0.4, -0.2) is 53.5 Å². The zero-order valence-electron chi connectivity index (χ0n) is 7.68. The summed E-state index contributed by atoms with van der Waals surface area (Å²) in [4.78, 5) is 20.8. The fourth-order valence-corrected chi connectivity index (χ4v) is 0.755. The largest absolute Gasteiger partial charge is 0.478 e. The number of morpholine rings is 1. The Morgan fingerprint density at radius 3 is 1.93 bits per heavy atom. The van der Waals surface area contributed by atoms with Gasteiger partial charge in [0.2, 0.25) is 0 Å². The Bertz CT molecular complexity index is 210. The summed E-state index contributed by atoms with van der Waals surface area (Å²) in [6.07, 6.45) is -0.0155. The minimum absolute atomic E-state index is 0.509. The van der Waals surface area contributed by atoms with Crippen LogP contribution < -0.4 is 0 Å². The Balaban J connectivity index is 0.000000292. The summed E-state index contributed by atoms with van der Waals surface area (Å²) >= 11 is 0. The lowest BCUT2D eigenvalue weighted by Gasteiger charge is -2.23. The zero-order chi connectivity index (χ0) is 11.0. The average molecular weight is 203 g/mol. The maximum atomic E-state index is 10.2. The van der Waals surface area contributed by atoms with Gasteiger partial charge >= 0.3 is 12.1 Å². The molecule has 14 heavy (non-hydrogen) atoms. The maximum absolute atomic E-state index is 10.2. The van der Waals surface area contributed by atoms with Crippen LogP contribution in [0.4, 0.5) is 4.79 Å². The third-order valence-electron chi connectivity index (χ3n) is 1.46. The molecule has 1 amide bonds. The first kappa shape index (κ1) is 12.4. The van der Waals surface area contributed by atoms with E-state index in [1.165, 1.54) is 4.90 Å². The third-order valence-corrected chi connectivity index (χ3v) is 1.46. The lowest BCUT2D eigenvalue weighted by Crippen LogP contribution is -2.39. The molecule has 0 spiro atoms. The molecule has 6 heteroatoms. The molecule has 2 N–H and O–H groups in total. The van der Waals surface area contributed by atoms with E-state index in [4.69, 9.17) is 14.9 Å². The number of rotatable bonds is 1. The predicted octanol–water partition coefficient (Wildman–Crippen LogP) is 0.254. The van der Waals surface area contributed by atoms with Crippen molar-refractivity contribution in [1.29, 1.82) is 0 Å². The van der Waals surface area contributed by atoms with Crippen LogP contribution in [0.15, 0.2) is 12.7 Å². The van der Waals surface area contributed by atoms with Crippen LogP contribution in [0, 0.1) is 0 Å². The van der Waals surface area contributed by atoms with E-state index in [0.717, 1.165) is 6.08 Å². The van der Waals surface area contributed by atoms with E-state index < -0.39 is 12.1 Å². The number of carboxylic acid groups (broad SMARTS) is 2. The SMILES string of the molecule is C=CC(=O)O.O=C(O)N1CCOCC1. The van der Waals surface area contributed by atoms with Gasteiger partial charge in [-0.05, 0) is 0 Å². The second-order valence-electron chi connectivity index (χ2n) is 2.42. The summed E-state index contributed by atoms with van der Waals surface area (Å²) < 4.78 is 4.94. The Hall–Kier alpha value is -1.56. The van der Waals surface area contributed by atoms with Crippen LogP contribution in [0.5, 0.6) is 0 Å². The minimum Gasteiger partial charge on any atom is -0.478 e. The average Bonchev–Trinajstić information content (AvgIpc) is 2.20. The van der Waals surface area contributed by atoms with E-state index in [1.54, 1.807) is 0 Å². The first-order valence-electron chi connectivity index (χ1n) is 3.99. The van der Waals surface area contributed by atoms with E-state index >= 15 is 0 Å². The standard InChI is InChI=1S/C5H9NO3.C3H4O2/c7-5(8)6-1-3-9-4-2-6;1-2-3(4)5/h1-4H2,(H,7,8);2H,1H2,(H,4,5). The maximum Gasteiger partial charge on any atom is 0.407 e. The molecular formula is C8H13NO5. The molecule has 1 aliphatic heterocycles. The normalized spacial score (nSPS) is 15.0. The van der Waals surface area contributed by atoms with Crippen molar-refractivity contribution < 1.29 is 24.5 Å². The van der Waals surface area contributed by atoms with Gasteiger partial charge in [-0.2, -0.15) is 0 Å². The van der Waals surface area contributed by atoms with Gasteiger partial charge in [-0.25, -0.2) is 9.59 Å². The topological polar surface area (TPSA) is 87.1 Å². The van der Waals surface area contributed by atoms with Crippen LogP contribution in [0.25, 0.3) is 0 Å². The number of ether oxygens (including phenoxy) is 1. The van der Waals surface area contributed by atoms with E-state index in [-0.39, 0.29) is 0 Å². The van der Waals surface area contributed by atoms with Gasteiger partial charge in [0.15, 0.2) is 0 Å². The number of amides is 1. The molecule has 1 heterocycles. The number of hydrogen-bond donors (Lipinski definition) is 2. The monoisotopic (exact) mass is 203 g/mol. The van der Waals surface area contributed by atoms with Crippen molar-refractivity contribution in [3.05, 3.63) is 12.7 Å². The molecule has 1 saturated heterocycles. The number of carboxylic acids is 1. The van der Waals surface area contributed by atoms with Crippen LogP contribution >= 0.6 is 0 Å². The highest BCUT2D eigenvalue weighted by Crippen LogP contribution is 1.95. The molecule has 0 aromatic carbocycles. The zero-order valence-corrected chi connectivity index (χ0v) is 7.68. The molecule has 1 aliphatic rings. The smallest absolute Gasteiger partial charge is 0.407 e. The molecule has 6 nitrogen and oxygen atoms in total. The van der Waals surface area contributed by atoms with Gasteiger partial charge in [-0.3, -0.25) is 0 Å². The van der Waals surface area contributed by atoms with Crippen molar-refractivity contribution in [2.75, 3.05) is 26.3 Å². The van der Waals surface area contributed by atoms with Crippen molar-refractivity contribution in [1.82, 2.24) is 4.90 Å². The highest BCUT2D eigenvalue weighted by atomic mass is 16.5. The van der Waals surface area contributed by atoms with Gasteiger partial charge in [0, 0.05) is 19.2 Å². The Kier molecular flexibility index (Phi) is 6.13. The lowest BCUT2D eigenvalue weighted by molar-refractivity contribution is -0.131. The fourth-order valence-electron chi connectivity index (χ4n) is 0.755. The van der Waals surface area contributed by atoms with Crippen LogP contribution in [0.3, 0.4) is 0 Å². The number of carbonyl (C=O) groups is 2. The summed E-state index contributed by atoms with van der Waals surface area (Å²) in [5.41, 5.74) is 0. The molecule has 0 radical (unpaired) electrons. The van der Waals surface area contributed by atoms with Gasteiger partial charge in [0.1, 0.15) is 0 Å². The van der Waals surface area contributed by atoms with Gasteiger partial charge in [0.25, 0.3) is 0 Å². The molecule has 0 aromatic rings. The summed E-state index contributed by atoms with van der Waals surface area (Å²) in [6, 6.07) is 0. The van der Waals surface area contributed by atoms with Gasteiger partial charge in [-0.15, -0.1) is 0 Å². The molecule has 0 saturated carbocycles. The number of nitrogens with zero attached hydrogens (tertiary/aromatic N) is 1. The van der Waals surface area contributed by atoms with Gasteiger partial charge in [-0.1, -0.05) is 6.58 Å². The summed E-state index contributed by atoms with van der Waals surface area (Å²) in [7, 11) is 0. The summed E-state index contributed by atoms with van der Waals surface area (Å²) in [6.45, 7) is 5.05. The molecule has 0 aromatic heterocycles. The summed E-state index contributed by atoms with van der Waals surface area (Å²) in [5, 5.41) is 16.0. The second-order valence-corrected chi connectivity index (χ2v) is 2.42. The van der Waals surface area contributed by atoms with Crippen LogP contribution in [-0.2, 0) is 9.53 Å². The highest BCUT2D eigenvalue weighted by molar-refractivity contribution is 5.78. The summed E-state index contributed by atoms with van der Waals surface area (Å²) in [5.74, 6) is -0.981. The van der Waals surface area contributed by atoms with Crippen molar-refractivity contribution in [3.63, 3.8) is 0 Å². The van der Waals surface area contributed by atoms with Crippen LogP contribution in [0.2, 0.25) is 0 Å². The van der Waals surface area contributed by atoms with E-state index in [0.29, 0.717) is 26.3 Å². The van der Waals surface area contributed by atoms with E-state index in [9.17, 15) is 9.59 Å². The Morgan fingerprint density at radius 1 is 1.29 bits per heavy atom. The molecule has 1 fully saturated rings. The van der Waals surface area contributed by atoms with E-state index in [1.807, 2.05) is 0 Å². The second kappa shape index (κ2) is 6.90. The predicted molar refractivity (Wildman–Crippen MR) is 48.2 cm³/mol. The molecule has 0 aliphatic carbocycles. The van der Waals surface area contributed by atoms with Crippen molar-refractivity contribution in [2.45, 2.75) is 0 Å². The first-order chi connectivity index (χ1) is 6.57. The molecule has 80 valence electrons. The molecule has 0 atom stereocenters. The molecule has 1 rings (SSSR count). The molecule has 0 unspecified atom stereocenters. The van der Waals surface area contributed by atoms with Gasteiger partial charge < -0.3 is 19.8 Å². The Labute approximate surface area is 81.4 Å². The molecule has 0 bridgehead atoms. The van der Waals surface area contributed by atoms with Crippen LogP contribution in [0.1, 0.15) is 0 Å². The first-order valence-corrected chi connectivity index (χ1v) is 3.99. The van der Waals surface area contributed by atoms with Crippen molar-refractivity contribution >= 4 is 12.1 Å². The number of aliphatic carboxylic acids is 1. The third kappa shape index (κ3) is 6.01. The highest BCUT2D eigenvalue weighted by Gasteiger charge is 2.14.